The molecule has 6 nitrogen and oxygen atoms in total. The van der Waals surface area contributed by atoms with Gasteiger partial charge in [-0.15, -0.1) is 21.5 Å². The van der Waals surface area contributed by atoms with E-state index in [4.69, 9.17) is 14.5 Å². The first-order valence-electron chi connectivity index (χ1n) is 8.33. The summed E-state index contributed by atoms with van der Waals surface area (Å²) in [7, 11) is 0. The van der Waals surface area contributed by atoms with Crippen LogP contribution < -0.4 is 9.47 Å². The number of rotatable bonds is 4. The number of benzene rings is 1. The Bertz CT molecular complexity index is 1130. The average molecular weight is 394 g/mol. The number of pyridine rings is 1. The van der Waals surface area contributed by atoms with Crippen LogP contribution in [-0.4, -0.2) is 27.0 Å². The van der Waals surface area contributed by atoms with Gasteiger partial charge in [0.15, 0.2) is 11.5 Å². The molecule has 0 atom stereocenters. The minimum atomic E-state index is 0.253. The fourth-order valence-corrected chi connectivity index (χ4v) is 4.73. The van der Waals surface area contributed by atoms with Crippen molar-refractivity contribution in [3.05, 3.63) is 53.3 Å². The van der Waals surface area contributed by atoms with Gasteiger partial charge < -0.3 is 9.47 Å². The topological polar surface area (TPSA) is 70.0 Å². The van der Waals surface area contributed by atoms with E-state index in [1.807, 2.05) is 37.4 Å². The molecule has 3 aromatic heterocycles. The maximum atomic E-state index is 5.50. The van der Waals surface area contributed by atoms with E-state index >= 15 is 0 Å². The molecule has 0 radical (unpaired) electrons. The molecule has 0 N–H and O–H groups in total. The second kappa shape index (κ2) is 6.79. The van der Waals surface area contributed by atoms with Crippen LogP contribution >= 0.6 is 23.1 Å². The second-order valence-corrected chi connectivity index (χ2v) is 8.15. The maximum absolute atomic E-state index is 5.50. The molecule has 0 bridgehead atoms. The average Bonchev–Trinajstić information content (AvgIpc) is 3.32. The lowest BCUT2D eigenvalue weighted by Crippen LogP contribution is -1.93. The number of fused-ring (bicyclic) bond motifs is 2. The van der Waals surface area contributed by atoms with Gasteiger partial charge in [-0.25, -0.2) is 4.98 Å². The number of ether oxygens (including phenoxy) is 2. The van der Waals surface area contributed by atoms with Gasteiger partial charge in [0.2, 0.25) is 6.79 Å². The number of hydrogen-bond donors (Lipinski definition) is 0. The molecule has 1 aliphatic rings. The van der Waals surface area contributed by atoms with Gasteiger partial charge in [-0.2, -0.15) is 0 Å². The van der Waals surface area contributed by atoms with Crippen LogP contribution in [0.2, 0.25) is 0 Å². The van der Waals surface area contributed by atoms with Crippen LogP contribution in [0.4, 0.5) is 0 Å². The molecule has 0 amide bonds. The van der Waals surface area contributed by atoms with Crippen molar-refractivity contribution in [3.63, 3.8) is 0 Å². The van der Waals surface area contributed by atoms with Crippen molar-refractivity contribution >= 4 is 33.3 Å². The molecule has 1 aromatic carbocycles. The normalized spacial score (nSPS) is 12.6. The molecular formula is C19H14N4O2S2. The molecule has 5 rings (SSSR count). The summed E-state index contributed by atoms with van der Waals surface area (Å²) in [6, 6.07) is 9.83. The van der Waals surface area contributed by atoms with E-state index < -0.39 is 0 Å². The van der Waals surface area contributed by atoms with E-state index in [0.717, 1.165) is 54.3 Å². The Labute approximate surface area is 163 Å². The number of hydrogen-bond acceptors (Lipinski definition) is 8. The Morgan fingerprint density at radius 3 is 2.96 bits per heavy atom. The number of thioether (sulfide) groups is 1. The molecule has 0 saturated heterocycles. The highest BCUT2D eigenvalue weighted by molar-refractivity contribution is 7.98. The van der Waals surface area contributed by atoms with Gasteiger partial charge in [0.1, 0.15) is 16.2 Å². The predicted molar refractivity (Wildman–Crippen MR) is 105 cm³/mol. The van der Waals surface area contributed by atoms with E-state index in [1.165, 1.54) is 0 Å². The lowest BCUT2D eigenvalue weighted by atomic mass is 10.1. The van der Waals surface area contributed by atoms with Gasteiger partial charge in [-0.3, -0.25) is 4.98 Å². The van der Waals surface area contributed by atoms with Crippen molar-refractivity contribution in [2.24, 2.45) is 0 Å². The highest BCUT2D eigenvalue weighted by atomic mass is 32.2. The summed E-state index contributed by atoms with van der Waals surface area (Å²) in [5.74, 6) is 2.27. The molecule has 0 fully saturated rings. The first-order valence-corrected chi connectivity index (χ1v) is 10.1. The summed E-state index contributed by atoms with van der Waals surface area (Å²) in [4.78, 5) is 8.87. The molecule has 8 heteroatoms. The summed E-state index contributed by atoms with van der Waals surface area (Å²) in [6.45, 7) is 2.26. The van der Waals surface area contributed by atoms with Crippen molar-refractivity contribution in [2.45, 2.75) is 17.7 Å². The minimum Gasteiger partial charge on any atom is -0.454 e. The standard InChI is InChI=1S/C19H14N4O2S2/c1-11-21-17-18(27-11)16(13-4-5-14-15(7-13)25-10-24-14)22-23-19(17)26-9-12-3-2-6-20-8-12/h2-8H,9-10H2,1H3. The van der Waals surface area contributed by atoms with Gasteiger partial charge in [-0.1, -0.05) is 17.8 Å². The fourth-order valence-electron chi connectivity index (χ4n) is 2.89. The van der Waals surface area contributed by atoms with Crippen LogP contribution in [0.25, 0.3) is 21.5 Å². The lowest BCUT2D eigenvalue weighted by molar-refractivity contribution is 0.174. The second-order valence-electron chi connectivity index (χ2n) is 5.98. The van der Waals surface area contributed by atoms with Gasteiger partial charge in [0.05, 0.1) is 9.71 Å². The minimum absolute atomic E-state index is 0.253. The van der Waals surface area contributed by atoms with Gasteiger partial charge in [-0.05, 0) is 36.8 Å². The van der Waals surface area contributed by atoms with E-state index in [0.29, 0.717) is 0 Å². The molecule has 0 aliphatic carbocycles. The van der Waals surface area contributed by atoms with Crippen LogP contribution in [0.15, 0.2) is 47.8 Å². The van der Waals surface area contributed by atoms with Gasteiger partial charge in [0, 0.05) is 23.7 Å². The van der Waals surface area contributed by atoms with E-state index in [2.05, 4.69) is 21.2 Å². The molecule has 0 spiro atoms. The largest absolute Gasteiger partial charge is 0.454 e. The van der Waals surface area contributed by atoms with Crippen molar-refractivity contribution in [1.82, 2.24) is 20.2 Å². The van der Waals surface area contributed by atoms with Crippen molar-refractivity contribution in [1.29, 1.82) is 0 Å². The monoisotopic (exact) mass is 394 g/mol. The third kappa shape index (κ3) is 3.11. The van der Waals surface area contributed by atoms with Crippen molar-refractivity contribution in [2.75, 3.05) is 6.79 Å². The number of aromatic nitrogens is 4. The van der Waals surface area contributed by atoms with Crippen LogP contribution in [0.1, 0.15) is 10.6 Å². The molecule has 27 heavy (non-hydrogen) atoms. The molecular weight excluding hydrogens is 380 g/mol. The Hall–Kier alpha value is -2.71. The quantitative estimate of drug-likeness (QED) is 0.473. The van der Waals surface area contributed by atoms with Crippen LogP contribution in [0.3, 0.4) is 0 Å². The number of aryl methyl sites for hydroxylation is 1. The summed E-state index contributed by atoms with van der Waals surface area (Å²) in [6.07, 6.45) is 3.64. The molecule has 4 heterocycles. The summed E-state index contributed by atoms with van der Waals surface area (Å²) in [5, 5.41) is 10.8. The molecule has 4 aromatic rings. The third-order valence-electron chi connectivity index (χ3n) is 4.14. The summed E-state index contributed by atoms with van der Waals surface area (Å²) < 4.78 is 11.9. The van der Waals surface area contributed by atoms with Crippen LogP contribution in [0, 0.1) is 6.92 Å². The zero-order valence-electron chi connectivity index (χ0n) is 14.4. The zero-order valence-corrected chi connectivity index (χ0v) is 16.0. The van der Waals surface area contributed by atoms with E-state index in [-0.39, 0.29) is 6.79 Å². The number of nitrogens with zero attached hydrogens (tertiary/aromatic N) is 4. The van der Waals surface area contributed by atoms with E-state index in [1.54, 1.807) is 29.3 Å². The Balaban J connectivity index is 1.54. The molecule has 134 valence electrons. The Morgan fingerprint density at radius 2 is 2.07 bits per heavy atom. The first-order chi connectivity index (χ1) is 13.3. The SMILES string of the molecule is Cc1nc2c(SCc3cccnc3)nnc(-c3ccc4c(c3)OCO4)c2s1. The fraction of sp³-hybridized carbons (Fsp3) is 0.158. The Morgan fingerprint density at radius 1 is 1.15 bits per heavy atom. The molecule has 0 saturated carbocycles. The van der Waals surface area contributed by atoms with Gasteiger partial charge >= 0.3 is 0 Å². The summed E-state index contributed by atoms with van der Waals surface area (Å²) >= 11 is 3.26. The maximum Gasteiger partial charge on any atom is 0.231 e. The highest BCUT2D eigenvalue weighted by Gasteiger charge is 2.19. The highest BCUT2D eigenvalue weighted by Crippen LogP contribution is 2.40. The smallest absolute Gasteiger partial charge is 0.231 e. The van der Waals surface area contributed by atoms with Crippen molar-refractivity contribution < 1.29 is 9.47 Å². The number of thiazole rings is 1. The zero-order chi connectivity index (χ0) is 18.2. The van der Waals surface area contributed by atoms with Crippen molar-refractivity contribution in [3.8, 4) is 22.8 Å². The lowest BCUT2D eigenvalue weighted by Gasteiger charge is -2.06. The third-order valence-corrected chi connectivity index (χ3v) is 6.14. The Kier molecular flexibility index (Phi) is 4.14. The summed E-state index contributed by atoms with van der Waals surface area (Å²) in [5.41, 5.74) is 3.81. The van der Waals surface area contributed by atoms with Crippen LogP contribution in [0.5, 0.6) is 11.5 Å². The molecule has 0 unspecified atom stereocenters. The molecule has 1 aliphatic heterocycles. The van der Waals surface area contributed by atoms with Gasteiger partial charge in [0.25, 0.3) is 0 Å². The van der Waals surface area contributed by atoms with E-state index in [9.17, 15) is 0 Å². The predicted octanol–water partition coefficient (Wildman–Crippen LogP) is 4.48. The first kappa shape index (κ1) is 16.5. The van der Waals surface area contributed by atoms with Crippen LogP contribution in [-0.2, 0) is 5.75 Å².